The molecule has 3 heteroatoms. The lowest BCUT2D eigenvalue weighted by atomic mass is 9.99. The van der Waals surface area contributed by atoms with Crippen LogP contribution < -0.4 is 5.32 Å². The molecule has 2 aromatic rings. The van der Waals surface area contributed by atoms with Crippen LogP contribution in [0, 0.1) is 19.7 Å². The molecular weight excluding hydrogens is 253 g/mol. The van der Waals surface area contributed by atoms with Crippen LogP contribution in [-0.2, 0) is 0 Å². The predicted octanol–water partition coefficient (Wildman–Crippen LogP) is 3.98. The minimum absolute atomic E-state index is 0.259. The molecule has 2 N–H and O–H groups in total. The number of aryl methyl sites for hydroxylation is 2. The summed E-state index contributed by atoms with van der Waals surface area (Å²) in [5.41, 5.74) is 3.98. The summed E-state index contributed by atoms with van der Waals surface area (Å²) in [6.07, 6.45) is 0.0807. The van der Waals surface area contributed by atoms with E-state index < -0.39 is 6.10 Å². The van der Waals surface area contributed by atoms with Crippen LogP contribution in [0.4, 0.5) is 10.1 Å². The first-order valence-corrected chi connectivity index (χ1v) is 6.81. The first kappa shape index (κ1) is 14.5. The molecule has 0 saturated carbocycles. The van der Waals surface area contributed by atoms with Crippen LogP contribution in [0.1, 0.15) is 29.2 Å². The second kappa shape index (κ2) is 6.53. The Balaban J connectivity index is 1.90. The van der Waals surface area contributed by atoms with Crippen molar-refractivity contribution in [2.24, 2.45) is 0 Å². The molecule has 0 fully saturated rings. The number of nitrogens with one attached hydrogen (secondary N) is 1. The fourth-order valence-corrected chi connectivity index (χ4v) is 2.31. The quantitative estimate of drug-likeness (QED) is 0.863. The highest BCUT2D eigenvalue weighted by atomic mass is 19.1. The molecule has 1 unspecified atom stereocenters. The van der Waals surface area contributed by atoms with Crippen LogP contribution in [0.3, 0.4) is 0 Å². The third kappa shape index (κ3) is 3.81. The number of anilines is 1. The topological polar surface area (TPSA) is 32.3 Å². The van der Waals surface area contributed by atoms with Crippen LogP contribution in [0.15, 0.2) is 42.5 Å². The molecule has 2 rings (SSSR count). The van der Waals surface area contributed by atoms with Crippen LogP contribution in [-0.4, -0.2) is 11.7 Å². The molecule has 2 nitrogen and oxygen atoms in total. The van der Waals surface area contributed by atoms with Gasteiger partial charge in [0.25, 0.3) is 0 Å². The largest absolute Gasteiger partial charge is 0.388 e. The van der Waals surface area contributed by atoms with Crippen LogP contribution >= 0.6 is 0 Å². The lowest BCUT2D eigenvalue weighted by molar-refractivity contribution is 0.171. The SMILES string of the molecule is Cc1ccc(C(O)CCNc2cccc(F)c2)c(C)c1. The van der Waals surface area contributed by atoms with Crippen molar-refractivity contribution in [3.63, 3.8) is 0 Å². The van der Waals surface area contributed by atoms with Gasteiger partial charge in [-0.25, -0.2) is 4.39 Å². The van der Waals surface area contributed by atoms with E-state index in [0.717, 1.165) is 16.8 Å². The van der Waals surface area contributed by atoms with Crippen molar-refractivity contribution >= 4 is 5.69 Å². The van der Waals surface area contributed by atoms with Gasteiger partial charge in [0.05, 0.1) is 6.10 Å². The summed E-state index contributed by atoms with van der Waals surface area (Å²) >= 11 is 0. The maximum absolute atomic E-state index is 13.0. The number of benzene rings is 2. The Morgan fingerprint density at radius 2 is 1.95 bits per heavy atom. The Morgan fingerprint density at radius 1 is 1.15 bits per heavy atom. The van der Waals surface area contributed by atoms with Gasteiger partial charge in [0.2, 0.25) is 0 Å². The van der Waals surface area contributed by atoms with E-state index in [1.54, 1.807) is 6.07 Å². The molecular formula is C17H20FNO. The summed E-state index contributed by atoms with van der Waals surface area (Å²) in [5, 5.41) is 13.3. The normalized spacial score (nSPS) is 12.2. The molecule has 0 heterocycles. The second-order valence-corrected chi connectivity index (χ2v) is 5.10. The van der Waals surface area contributed by atoms with Gasteiger partial charge in [-0.05, 0) is 49.6 Å². The van der Waals surface area contributed by atoms with E-state index in [9.17, 15) is 9.50 Å². The number of aliphatic hydroxyl groups is 1. The van der Waals surface area contributed by atoms with Gasteiger partial charge in [-0.1, -0.05) is 29.8 Å². The van der Waals surface area contributed by atoms with Crippen molar-refractivity contribution in [1.82, 2.24) is 0 Å². The van der Waals surface area contributed by atoms with E-state index in [4.69, 9.17) is 0 Å². The molecule has 0 aliphatic rings. The van der Waals surface area contributed by atoms with Crippen molar-refractivity contribution in [2.75, 3.05) is 11.9 Å². The Kier molecular flexibility index (Phi) is 4.74. The monoisotopic (exact) mass is 273 g/mol. The highest BCUT2D eigenvalue weighted by molar-refractivity contribution is 5.43. The number of rotatable bonds is 5. The van der Waals surface area contributed by atoms with Crippen LogP contribution in [0.5, 0.6) is 0 Å². The van der Waals surface area contributed by atoms with Gasteiger partial charge in [-0.3, -0.25) is 0 Å². The average Bonchev–Trinajstić information content (AvgIpc) is 2.38. The zero-order valence-electron chi connectivity index (χ0n) is 11.9. The maximum Gasteiger partial charge on any atom is 0.125 e. The fraction of sp³-hybridized carbons (Fsp3) is 0.294. The van der Waals surface area contributed by atoms with Gasteiger partial charge in [0.1, 0.15) is 5.82 Å². The molecule has 0 spiro atoms. The molecule has 20 heavy (non-hydrogen) atoms. The zero-order chi connectivity index (χ0) is 14.5. The van der Waals surface area contributed by atoms with Crippen molar-refractivity contribution in [1.29, 1.82) is 0 Å². The van der Waals surface area contributed by atoms with Crippen LogP contribution in [0.25, 0.3) is 0 Å². The van der Waals surface area contributed by atoms with Crippen molar-refractivity contribution in [3.8, 4) is 0 Å². The highest BCUT2D eigenvalue weighted by Crippen LogP contribution is 2.21. The maximum atomic E-state index is 13.0. The molecule has 0 aliphatic carbocycles. The highest BCUT2D eigenvalue weighted by Gasteiger charge is 2.10. The smallest absolute Gasteiger partial charge is 0.125 e. The van der Waals surface area contributed by atoms with Gasteiger partial charge in [0, 0.05) is 12.2 Å². The summed E-state index contributed by atoms with van der Waals surface area (Å²) < 4.78 is 13.0. The molecule has 0 radical (unpaired) electrons. The Labute approximate surface area is 119 Å². The van der Waals surface area contributed by atoms with E-state index in [0.29, 0.717) is 13.0 Å². The number of aliphatic hydroxyl groups excluding tert-OH is 1. The fourth-order valence-electron chi connectivity index (χ4n) is 2.31. The van der Waals surface area contributed by atoms with Gasteiger partial charge in [0.15, 0.2) is 0 Å². The minimum atomic E-state index is -0.503. The first-order valence-electron chi connectivity index (χ1n) is 6.81. The number of hydrogen-bond acceptors (Lipinski definition) is 2. The van der Waals surface area contributed by atoms with E-state index in [1.165, 1.54) is 17.7 Å². The lowest BCUT2D eigenvalue weighted by Crippen LogP contribution is -2.08. The van der Waals surface area contributed by atoms with Gasteiger partial charge in [-0.15, -0.1) is 0 Å². The molecule has 0 aliphatic heterocycles. The molecule has 106 valence electrons. The second-order valence-electron chi connectivity index (χ2n) is 5.10. The van der Waals surface area contributed by atoms with E-state index in [2.05, 4.69) is 11.4 Å². The standard InChI is InChI=1S/C17H20FNO/c1-12-6-7-16(13(2)10-12)17(20)8-9-19-15-5-3-4-14(18)11-15/h3-7,10-11,17,19-20H,8-9H2,1-2H3. The Bertz CT molecular complexity index is 583. The van der Waals surface area contributed by atoms with E-state index in [1.807, 2.05) is 32.0 Å². The molecule has 1 atom stereocenters. The third-order valence-electron chi connectivity index (χ3n) is 3.36. The van der Waals surface area contributed by atoms with E-state index in [-0.39, 0.29) is 5.82 Å². The van der Waals surface area contributed by atoms with Gasteiger partial charge >= 0.3 is 0 Å². The summed E-state index contributed by atoms with van der Waals surface area (Å²) in [4.78, 5) is 0. The summed E-state index contributed by atoms with van der Waals surface area (Å²) in [7, 11) is 0. The third-order valence-corrected chi connectivity index (χ3v) is 3.36. The van der Waals surface area contributed by atoms with Crippen LogP contribution in [0.2, 0.25) is 0 Å². The average molecular weight is 273 g/mol. The Morgan fingerprint density at radius 3 is 2.65 bits per heavy atom. The number of hydrogen-bond donors (Lipinski definition) is 2. The van der Waals surface area contributed by atoms with Gasteiger partial charge in [-0.2, -0.15) is 0 Å². The first-order chi connectivity index (χ1) is 9.56. The van der Waals surface area contributed by atoms with E-state index >= 15 is 0 Å². The minimum Gasteiger partial charge on any atom is -0.388 e. The predicted molar refractivity (Wildman–Crippen MR) is 80.4 cm³/mol. The molecule has 2 aromatic carbocycles. The zero-order valence-corrected chi connectivity index (χ0v) is 11.9. The number of halogens is 1. The summed E-state index contributed by atoms with van der Waals surface area (Å²) in [5.74, 6) is -0.259. The van der Waals surface area contributed by atoms with Crippen molar-refractivity contribution < 1.29 is 9.50 Å². The molecule has 0 bridgehead atoms. The van der Waals surface area contributed by atoms with Gasteiger partial charge < -0.3 is 10.4 Å². The molecule has 0 saturated heterocycles. The molecule has 0 amide bonds. The van der Waals surface area contributed by atoms with Crippen molar-refractivity contribution in [2.45, 2.75) is 26.4 Å². The summed E-state index contributed by atoms with van der Waals surface area (Å²) in [6.45, 7) is 4.64. The van der Waals surface area contributed by atoms with Crippen molar-refractivity contribution in [3.05, 3.63) is 65.0 Å². The lowest BCUT2D eigenvalue weighted by Gasteiger charge is -2.15. The summed E-state index contributed by atoms with van der Waals surface area (Å²) in [6, 6.07) is 12.4. The Hall–Kier alpha value is -1.87. The molecule has 0 aromatic heterocycles.